The third-order valence-electron chi connectivity index (χ3n) is 4.20. The maximum absolute atomic E-state index is 12.4. The second-order valence-electron chi connectivity index (χ2n) is 6.17. The molecule has 3 rings (SSSR count). The highest BCUT2D eigenvalue weighted by Gasteiger charge is 2.22. The number of fused-ring (bicyclic) bond motifs is 1. The summed E-state index contributed by atoms with van der Waals surface area (Å²) in [6.07, 6.45) is 1.47. The van der Waals surface area contributed by atoms with Gasteiger partial charge in [0.25, 0.3) is 5.78 Å². The van der Waals surface area contributed by atoms with Gasteiger partial charge in [-0.2, -0.15) is 4.98 Å². The number of halogens is 1. The average molecular weight is 403 g/mol. The van der Waals surface area contributed by atoms with E-state index in [1.54, 1.807) is 12.1 Å². The van der Waals surface area contributed by atoms with Crippen LogP contribution >= 0.6 is 11.6 Å². The molecular weight excluding hydrogens is 384 g/mol. The topological polar surface area (TPSA) is 96.5 Å². The Kier molecular flexibility index (Phi) is 5.53. The Balaban J connectivity index is 2.15. The van der Waals surface area contributed by atoms with E-state index in [0.717, 1.165) is 5.82 Å². The fourth-order valence-electron chi connectivity index (χ4n) is 2.84. The summed E-state index contributed by atoms with van der Waals surface area (Å²) in [6, 6.07) is 7.11. The Morgan fingerprint density at radius 2 is 1.93 bits per heavy atom. The van der Waals surface area contributed by atoms with Crippen molar-refractivity contribution in [1.29, 1.82) is 0 Å². The molecule has 1 aromatic carbocycles. The highest BCUT2D eigenvalue weighted by Crippen LogP contribution is 2.38. The van der Waals surface area contributed by atoms with Crippen molar-refractivity contribution in [1.82, 2.24) is 15.4 Å². The minimum absolute atomic E-state index is 0.208. The molecule has 0 unspecified atom stereocenters. The molecule has 0 radical (unpaired) electrons. The maximum atomic E-state index is 12.4. The van der Waals surface area contributed by atoms with E-state index in [0.29, 0.717) is 32.9 Å². The number of ketones is 1. The number of hydroxylamine groups is 1. The molecule has 28 heavy (non-hydrogen) atoms. The summed E-state index contributed by atoms with van der Waals surface area (Å²) in [4.78, 5) is 38.1. The van der Waals surface area contributed by atoms with Crippen LogP contribution in [0.1, 0.15) is 10.4 Å². The Hall–Kier alpha value is -3.10. The van der Waals surface area contributed by atoms with Gasteiger partial charge in [-0.1, -0.05) is 11.6 Å². The Bertz CT molecular complexity index is 1060. The van der Waals surface area contributed by atoms with Crippen LogP contribution in [0.2, 0.25) is 5.02 Å². The van der Waals surface area contributed by atoms with Gasteiger partial charge >= 0.3 is 5.91 Å². The minimum Gasteiger partial charge on any atom is -0.480 e. The molecule has 0 atom stereocenters. The number of carbonyl (C=O) groups excluding carboxylic acids is 2. The summed E-state index contributed by atoms with van der Waals surface area (Å²) < 4.78 is 5.44. The maximum Gasteiger partial charge on any atom is 0.315 e. The number of Topliss-reactive ketones (excluding diaryl/α,β-unsaturated/α-hetero) is 1. The number of nitrogens with zero attached hydrogens (tertiary/aromatic N) is 2. The van der Waals surface area contributed by atoms with Crippen LogP contribution in [0, 0.1) is 0 Å². The van der Waals surface area contributed by atoms with Gasteiger partial charge in [0.15, 0.2) is 0 Å². The predicted octanol–water partition coefficient (Wildman–Crippen LogP) is 2.82. The number of hydrogen-bond acceptors (Lipinski definition) is 6. The zero-order valence-electron chi connectivity index (χ0n) is 15.8. The minimum atomic E-state index is -0.866. The number of nitrogens with one attached hydrogen (secondary N) is 2. The molecule has 0 aliphatic carbocycles. The number of hydrogen-bond donors (Lipinski definition) is 2. The van der Waals surface area contributed by atoms with E-state index >= 15 is 0 Å². The Morgan fingerprint density at radius 3 is 2.57 bits per heavy atom. The third-order valence-corrected chi connectivity index (χ3v) is 4.52. The molecule has 0 fully saturated rings. The molecule has 0 spiro atoms. The van der Waals surface area contributed by atoms with Gasteiger partial charge in [0, 0.05) is 42.3 Å². The fourth-order valence-corrected chi connectivity index (χ4v) is 3.10. The normalized spacial score (nSPS) is 10.8. The lowest BCUT2D eigenvalue weighted by atomic mass is 10.0. The number of H-pyrrole nitrogens is 1. The van der Waals surface area contributed by atoms with Gasteiger partial charge in [-0.3, -0.25) is 14.4 Å². The van der Waals surface area contributed by atoms with E-state index in [4.69, 9.17) is 16.3 Å². The van der Waals surface area contributed by atoms with Crippen molar-refractivity contribution >= 4 is 40.0 Å². The molecule has 2 heterocycles. The molecule has 0 aliphatic rings. The summed E-state index contributed by atoms with van der Waals surface area (Å²) >= 11 is 6.47. The molecular formula is C19H19ClN4O4. The van der Waals surface area contributed by atoms with E-state index in [9.17, 15) is 9.59 Å². The lowest BCUT2D eigenvalue weighted by molar-refractivity contribution is -0.126. The van der Waals surface area contributed by atoms with Crippen molar-refractivity contribution in [2.24, 2.45) is 0 Å². The van der Waals surface area contributed by atoms with Crippen molar-refractivity contribution in [2.75, 3.05) is 33.2 Å². The molecule has 9 heteroatoms. The lowest BCUT2D eigenvalue weighted by Gasteiger charge is -2.15. The number of rotatable bonds is 6. The smallest absolute Gasteiger partial charge is 0.315 e. The van der Waals surface area contributed by atoms with E-state index in [1.807, 2.05) is 36.6 Å². The highest BCUT2D eigenvalue weighted by atomic mass is 35.5. The molecule has 3 aromatic rings. The quantitative estimate of drug-likeness (QED) is 0.374. The van der Waals surface area contributed by atoms with Crippen molar-refractivity contribution in [3.63, 3.8) is 0 Å². The monoisotopic (exact) mass is 402 g/mol. The first-order valence-electron chi connectivity index (χ1n) is 8.28. The number of anilines is 1. The number of methoxy groups -OCH3 is 1. The summed E-state index contributed by atoms with van der Waals surface area (Å²) in [6.45, 7) is 0. The molecule has 1 amide bonds. The summed E-state index contributed by atoms with van der Waals surface area (Å²) in [5, 5.41) is 1.00. The zero-order chi connectivity index (χ0) is 20.4. The molecule has 0 saturated heterocycles. The van der Waals surface area contributed by atoms with Crippen LogP contribution in [0.4, 0.5) is 5.82 Å². The number of amides is 1. The first-order chi connectivity index (χ1) is 13.4. The molecule has 0 saturated carbocycles. The van der Waals surface area contributed by atoms with Crippen LogP contribution < -0.4 is 15.1 Å². The van der Waals surface area contributed by atoms with E-state index in [-0.39, 0.29) is 5.56 Å². The van der Waals surface area contributed by atoms with Crippen LogP contribution in [-0.4, -0.2) is 50.0 Å². The average Bonchev–Trinajstić information content (AvgIpc) is 3.08. The van der Waals surface area contributed by atoms with Crippen LogP contribution in [-0.2, 0) is 9.63 Å². The molecule has 2 aromatic heterocycles. The Labute approximate surface area is 166 Å². The van der Waals surface area contributed by atoms with Gasteiger partial charge in [-0.15, -0.1) is 0 Å². The molecule has 2 N–H and O–H groups in total. The Morgan fingerprint density at radius 1 is 1.18 bits per heavy atom. The van der Waals surface area contributed by atoms with E-state index < -0.39 is 11.7 Å². The molecule has 8 nitrogen and oxygen atoms in total. The SMILES string of the molecule is CONC(=O)C(=O)c1c[nH]c2cc(Cl)c(-c3ccc(N(C)C)nc3OC)cc12. The summed E-state index contributed by atoms with van der Waals surface area (Å²) in [5.41, 5.74) is 4.16. The van der Waals surface area contributed by atoms with Gasteiger partial charge < -0.3 is 14.6 Å². The predicted molar refractivity (Wildman–Crippen MR) is 107 cm³/mol. The van der Waals surface area contributed by atoms with Crippen molar-refractivity contribution in [3.05, 3.63) is 41.0 Å². The van der Waals surface area contributed by atoms with Gasteiger partial charge in [-0.05, 0) is 24.3 Å². The van der Waals surface area contributed by atoms with Crippen molar-refractivity contribution in [3.8, 4) is 17.0 Å². The fraction of sp³-hybridized carbons (Fsp3) is 0.211. The van der Waals surface area contributed by atoms with Crippen LogP contribution in [0.3, 0.4) is 0 Å². The van der Waals surface area contributed by atoms with Crippen LogP contribution in [0.5, 0.6) is 5.88 Å². The highest BCUT2D eigenvalue weighted by molar-refractivity contribution is 6.45. The van der Waals surface area contributed by atoms with Crippen LogP contribution in [0.25, 0.3) is 22.0 Å². The number of pyridine rings is 1. The molecule has 146 valence electrons. The van der Waals surface area contributed by atoms with Crippen molar-refractivity contribution < 1.29 is 19.2 Å². The largest absolute Gasteiger partial charge is 0.480 e. The first kappa shape index (κ1) is 19.7. The second kappa shape index (κ2) is 7.87. The number of aromatic nitrogens is 2. The summed E-state index contributed by atoms with van der Waals surface area (Å²) in [5.74, 6) is -0.469. The first-order valence-corrected chi connectivity index (χ1v) is 8.66. The second-order valence-corrected chi connectivity index (χ2v) is 6.57. The zero-order valence-corrected chi connectivity index (χ0v) is 16.5. The number of benzene rings is 1. The van der Waals surface area contributed by atoms with Crippen molar-refractivity contribution in [2.45, 2.75) is 0 Å². The summed E-state index contributed by atoms with van der Waals surface area (Å²) in [7, 11) is 6.54. The van der Waals surface area contributed by atoms with Gasteiger partial charge in [0.2, 0.25) is 5.88 Å². The third kappa shape index (κ3) is 3.51. The molecule has 0 bridgehead atoms. The van der Waals surface area contributed by atoms with Crippen LogP contribution in [0.15, 0.2) is 30.5 Å². The lowest BCUT2D eigenvalue weighted by Crippen LogP contribution is -2.29. The number of ether oxygens (including phenoxy) is 1. The number of aromatic amines is 1. The number of carbonyl (C=O) groups is 2. The molecule has 0 aliphatic heterocycles. The van der Waals surface area contributed by atoms with E-state index in [2.05, 4.69) is 14.8 Å². The van der Waals surface area contributed by atoms with Gasteiger partial charge in [0.05, 0.1) is 24.8 Å². The standard InChI is InChI=1S/C19H19ClN4O4/c1-24(2)16-6-5-10(19(22-16)27-3)11-7-12-13(17(25)18(26)23-28-4)9-21-15(12)8-14(11)20/h5-9,21H,1-4H3,(H,23,26). The van der Waals surface area contributed by atoms with Gasteiger partial charge in [0.1, 0.15) is 5.82 Å². The van der Waals surface area contributed by atoms with Gasteiger partial charge in [-0.25, -0.2) is 5.48 Å². The van der Waals surface area contributed by atoms with E-state index in [1.165, 1.54) is 20.4 Å².